The molecule has 0 aromatic heterocycles. The van der Waals surface area contributed by atoms with E-state index in [4.69, 9.17) is 19.7 Å². The van der Waals surface area contributed by atoms with Gasteiger partial charge in [-0.15, -0.1) is 0 Å². The van der Waals surface area contributed by atoms with Crippen LogP contribution in [0.15, 0.2) is 0 Å². The summed E-state index contributed by atoms with van der Waals surface area (Å²) < 4.78 is 9.87. The van der Waals surface area contributed by atoms with Gasteiger partial charge in [0.25, 0.3) is 0 Å². The Kier molecular flexibility index (Phi) is 3.65. The molecule has 0 bridgehead atoms. The van der Waals surface area contributed by atoms with Gasteiger partial charge >= 0.3 is 5.97 Å². The molecule has 0 radical (unpaired) electrons. The Morgan fingerprint density at radius 1 is 1.62 bits per heavy atom. The molecule has 0 aliphatic carbocycles. The second kappa shape index (κ2) is 4.55. The second-order valence-electron chi connectivity index (χ2n) is 3.10. The van der Waals surface area contributed by atoms with Crippen LogP contribution >= 0.6 is 0 Å². The number of carbonyl (C=O) groups excluding carboxylic acids is 1. The third-order valence-corrected chi connectivity index (χ3v) is 1.88. The van der Waals surface area contributed by atoms with Crippen LogP contribution in [0.2, 0.25) is 0 Å². The van der Waals surface area contributed by atoms with Crippen LogP contribution in [0.4, 0.5) is 0 Å². The van der Waals surface area contributed by atoms with Crippen LogP contribution in [-0.4, -0.2) is 41.3 Å². The molecule has 1 saturated heterocycles. The van der Waals surface area contributed by atoms with Crippen LogP contribution < -0.4 is 0 Å². The summed E-state index contributed by atoms with van der Waals surface area (Å²) in [4.78, 5) is 10.6. The SMILES string of the molecule is CC(=O)O[C@@H]1CC(O)O[C@H](CO)C1. The first kappa shape index (κ1) is 10.4. The molecule has 0 amide bonds. The summed E-state index contributed by atoms with van der Waals surface area (Å²) in [6.45, 7) is 1.14. The van der Waals surface area contributed by atoms with E-state index in [0.717, 1.165) is 0 Å². The number of hydrogen-bond donors (Lipinski definition) is 2. The lowest BCUT2D eigenvalue weighted by molar-refractivity contribution is -0.206. The smallest absolute Gasteiger partial charge is 0.302 e. The first-order valence-corrected chi connectivity index (χ1v) is 4.23. The Morgan fingerprint density at radius 2 is 2.31 bits per heavy atom. The minimum Gasteiger partial charge on any atom is -0.462 e. The van der Waals surface area contributed by atoms with Gasteiger partial charge in [0, 0.05) is 19.8 Å². The minimum absolute atomic E-state index is 0.172. The summed E-state index contributed by atoms with van der Waals surface area (Å²) in [6.07, 6.45) is -1.02. The van der Waals surface area contributed by atoms with Gasteiger partial charge < -0.3 is 19.7 Å². The monoisotopic (exact) mass is 190 g/mol. The van der Waals surface area contributed by atoms with Gasteiger partial charge in [0.15, 0.2) is 6.29 Å². The van der Waals surface area contributed by atoms with Crippen LogP contribution in [0.5, 0.6) is 0 Å². The number of carbonyl (C=O) groups is 1. The number of hydrogen-bond acceptors (Lipinski definition) is 5. The highest BCUT2D eigenvalue weighted by Crippen LogP contribution is 2.20. The predicted octanol–water partition coefficient (Wildman–Crippen LogP) is -0.592. The molecule has 1 unspecified atom stereocenters. The van der Waals surface area contributed by atoms with Crippen molar-refractivity contribution in [3.05, 3.63) is 0 Å². The molecule has 5 nitrogen and oxygen atoms in total. The van der Waals surface area contributed by atoms with Crippen molar-refractivity contribution in [1.29, 1.82) is 0 Å². The van der Waals surface area contributed by atoms with E-state index in [1.54, 1.807) is 0 Å². The van der Waals surface area contributed by atoms with Crippen molar-refractivity contribution in [1.82, 2.24) is 0 Å². The molecule has 0 spiro atoms. The number of rotatable bonds is 2. The molecule has 0 saturated carbocycles. The summed E-state index contributed by atoms with van der Waals surface area (Å²) in [5.41, 5.74) is 0. The normalized spacial score (nSPS) is 34.2. The molecule has 13 heavy (non-hydrogen) atoms. The molecule has 76 valence electrons. The first-order valence-electron chi connectivity index (χ1n) is 4.23. The second-order valence-corrected chi connectivity index (χ2v) is 3.10. The first-order chi connectivity index (χ1) is 6.11. The van der Waals surface area contributed by atoms with E-state index in [2.05, 4.69) is 0 Å². The van der Waals surface area contributed by atoms with Crippen molar-refractivity contribution in [2.45, 2.75) is 38.3 Å². The third kappa shape index (κ3) is 3.30. The topological polar surface area (TPSA) is 76.0 Å². The van der Waals surface area contributed by atoms with Crippen molar-refractivity contribution in [3.8, 4) is 0 Å². The summed E-state index contributed by atoms with van der Waals surface area (Å²) in [6, 6.07) is 0. The van der Waals surface area contributed by atoms with E-state index in [1.807, 2.05) is 0 Å². The van der Waals surface area contributed by atoms with Crippen LogP contribution in [0.25, 0.3) is 0 Å². The van der Waals surface area contributed by atoms with E-state index in [-0.39, 0.29) is 25.1 Å². The molecule has 0 aromatic rings. The molecule has 1 aliphatic heterocycles. The van der Waals surface area contributed by atoms with Crippen LogP contribution in [0.3, 0.4) is 0 Å². The van der Waals surface area contributed by atoms with E-state index < -0.39 is 12.4 Å². The standard InChI is InChI=1S/C8H14O5/c1-5(10)12-6-2-7(4-9)13-8(11)3-6/h6-9,11H,2-4H2,1H3/t6-,7-,8?/m0/s1. The molecule has 1 heterocycles. The zero-order valence-corrected chi connectivity index (χ0v) is 7.47. The summed E-state index contributed by atoms with van der Waals surface area (Å²) in [7, 11) is 0. The zero-order chi connectivity index (χ0) is 9.84. The Morgan fingerprint density at radius 3 is 2.85 bits per heavy atom. The fraction of sp³-hybridized carbons (Fsp3) is 0.875. The molecule has 3 atom stereocenters. The largest absolute Gasteiger partial charge is 0.462 e. The number of aliphatic hydroxyl groups excluding tert-OH is 2. The lowest BCUT2D eigenvalue weighted by Gasteiger charge is -2.31. The number of aliphatic hydroxyl groups is 2. The van der Waals surface area contributed by atoms with Crippen molar-refractivity contribution >= 4 is 5.97 Å². The number of esters is 1. The van der Waals surface area contributed by atoms with Gasteiger partial charge in [0.05, 0.1) is 12.7 Å². The highest BCUT2D eigenvalue weighted by atomic mass is 16.6. The highest BCUT2D eigenvalue weighted by molar-refractivity contribution is 5.66. The average molecular weight is 190 g/mol. The fourth-order valence-electron chi connectivity index (χ4n) is 1.40. The molecule has 0 aromatic carbocycles. The molecule has 1 aliphatic rings. The Labute approximate surface area is 76.3 Å². The quantitative estimate of drug-likeness (QED) is 0.569. The average Bonchev–Trinajstić information content (AvgIpc) is 2.01. The Balaban J connectivity index is 2.42. The van der Waals surface area contributed by atoms with E-state index in [9.17, 15) is 4.79 Å². The summed E-state index contributed by atoms with van der Waals surface area (Å²) >= 11 is 0. The third-order valence-electron chi connectivity index (χ3n) is 1.88. The van der Waals surface area contributed by atoms with Crippen LogP contribution in [0, 0.1) is 0 Å². The lowest BCUT2D eigenvalue weighted by Crippen LogP contribution is -2.39. The lowest BCUT2D eigenvalue weighted by atomic mass is 10.1. The Bertz CT molecular complexity index is 181. The van der Waals surface area contributed by atoms with Gasteiger partial charge in [-0.05, 0) is 0 Å². The van der Waals surface area contributed by atoms with Crippen LogP contribution in [0.1, 0.15) is 19.8 Å². The fourth-order valence-corrected chi connectivity index (χ4v) is 1.40. The molecule has 5 heteroatoms. The van der Waals surface area contributed by atoms with Crippen molar-refractivity contribution in [2.24, 2.45) is 0 Å². The van der Waals surface area contributed by atoms with Gasteiger partial charge in [-0.3, -0.25) is 4.79 Å². The van der Waals surface area contributed by atoms with Crippen LogP contribution in [-0.2, 0) is 14.3 Å². The van der Waals surface area contributed by atoms with Gasteiger partial charge in [0.1, 0.15) is 6.10 Å². The van der Waals surface area contributed by atoms with Crippen molar-refractivity contribution < 1.29 is 24.5 Å². The Hall–Kier alpha value is -0.650. The van der Waals surface area contributed by atoms with Crippen molar-refractivity contribution in [2.75, 3.05) is 6.61 Å². The number of ether oxygens (including phenoxy) is 2. The van der Waals surface area contributed by atoms with E-state index in [1.165, 1.54) is 6.92 Å². The molecular weight excluding hydrogens is 176 g/mol. The predicted molar refractivity (Wildman–Crippen MR) is 42.8 cm³/mol. The van der Waals surface area contributed by atoms with Crippen molar-refractivity contribution in [3.63, 3.8) is 0 Å². The van der Waals surface area contributed by atoms with E-state index >= 15 is 0 Å². The molecule has 1 rings (SSSR count). The van der Waals surface area contributed by atoms with Gasteiger partial charge in [-0.2, -0.15) is 0 Å². The molecule has 1 fully saturated rings. The maximum Gasteiger partial charge on any atom is 0.302 e. The summed E-state index contributed by atoms with van der Waals surface area (Å²) in [5, 5.41) is 18.0. The van der Waals surface area contributed by atoms with Gasteiger partial charge in [-0.1, -0.05) is 0 Å². The minimum atomic E-state index is -0.949. The highest BCUT2D eigenvalue weighted by Gasteiger charge is 2.29. The maximum atomic E-state index is 10.6. The summed E-state index contributed by atoms with van der Waals surface area (Å²) in [5.74, 6) is -0.379. The maximum absolute atomic E-state index is 10.6. The van der Waals surface area contributed by atoms with E-state index in [0.29, 0.717) is 6.42 Å². The molecule has 2 N–H and O–H groups in total. The molecular formula is C8H14O5. The van der Waals surface area contributed by atoms with Gasteiger partial charge in [-0.25, -0.2) is 0 Å². The van der Waals surface area contributed by atoms with Gasteiger partial charge in [0.2, 0.25) is 0 Å². The zero-order valence-electron chi connectivity index (χ0n) is 7.47.